The highest BCUT2D eigenvalue weighted by atomic mass is 32.1. The fourth-order valence-corrected chi connectivity index (χ4v) is 0.910. The molecule has 0 aromatic carbocycles. The van der Waals surface area contributed by atoms with Gasteiger partial charge in [0.1, 0.15) is 0 Å². The van der Waals surface area contributed by atoms with Crippen LogP contribution in [0.1, 0.15) is 11.6 Å². The Hall–Kier alpha value is -0.650. The quantitative estimate of drug-likeness (QED) is 0.624. The Labute approximate surface area is 65.8 Å². The molecular weight excluding hydrogens is 179 g/mol. The molecule has 62 valence electrons. The molecule has 0 saturated heterocycles. The summed E-state index contributed by atoms with van der Waals surface area (Å²) in [5.74, 6) is -0.0395. The summed E-state index contributed by atoms with van der Waals surface area (Å²) in [5.41, 5.74) is -1.07. The number of aromatic nitrogens is 1. The van der Waals surface area contributed by atoms with E-state index >= 15 is 0 Å². The first-order valence-electron chi connectivity index (χ1n) is 2.65. The van der Waals surface area contributed by atoms with Crippen LogP contribution in [0, 0.1) is 6.92 Å². The first-order chi connectivity index (χ1) is 4.91. The second-order valence-corrected chi connectivity index (χ2v) is 2.29. The van der Waals surface area contributed by atoms with Crippen molar-refractivity contribution in [2.24, 2.45) is 0 Å². The van der Waals surface area contributed by atoms with Crippen molar-refractivity contribution in [3.63, 3.8) is 0 Å². The monoisotopic (exact) mass is 183 g/mol. The molecule has 1 aromatic rings. The summed E-state index contributed by atoms with van der Waals surface area (Å²) in [5, 5.41) is -0.491. The summed E-state index contributed by atoms with van der Waals surface area (Å²) in [6, 6.07) is 0. The van der Waals surface area contributed by atoms with Gasteiger partial charge in [-0.3, -0.25) is 0 Å². The van der Waals surface area contributed by atoms with Crippen molar-refractivity contribution in [2.45, 2.75) is 18.2 Å². The van der Waals surface area contributed by atoms with E-state index < -0.39 is 17.0 Å². The highest BCUT2D eigenvalue weighted by molar-refractivity contribution is 7.80. The molecule has 0 unspecified atom stereocenters. The van der Waals surface area contributed by atoms with Crippen LogP contribution < -0.4 is 0 Å². The van der Waals surface area contributed by atoms with Gasteiger partial charge in [-0.15, -0.1) is 12.6 Å². The van der Waals surface area contributed by atoms with Crippen LogP contribution in [-0.2, 0) is 6.18 Å². The Kier molecular flexibility index (Phi) is 1.87. The molecule has 0 aliphatic rings. The van der Waals surface area contributed by atoms with Crippen molar-refractivity contribution in [1.29, 1.82) is 0 Å². The van der Waals surface area contributed by atoms with Crippen molar-refractivity contribution in [1.82, 2.24) is 4.98 Å². The van der Waals surface area contributed by atoms with Gasteiger partial charge in [0, 0.05) is 6.92 Å². The Balaban J connectivity index is 3.13. The number of rotatable bonds is 0. The van der Waals surface area contributed by atoms with Crippen molar-refractivity contribution < 1.29 is 17.6 Å². The molecule has 0 atom stereocenters. The third kappa shape index (κ3) is 1.68. The Morgan fingerprint density at radius 3 is 2.18 bits per heavy atom. The van der Waals surface area contributed by atoms with E-state index in [-0.39, 0.29) is 5.89 Å². The average Bonchev–Trinajstić information content (AvgIpc) is 2.08. The van der Waals surface area contributed by atoms with E-state index in [1.807, 2.05) is 0 Å². The number of aryl methyl sites for hydroxylation is 1. The van der Waals surface area contributed by atoms with E-state index in [2.05, 4.69) is 22.0 Å². The summed E-state index contributed by atoms with van der Waals surface area (Å²) in [6.45, 7) is 1.33. The lowest BCUT2D eigenvalue weighted by molar-refractivity contribution is -0.143. The molecule has 6 heteroatoms. The normalized spacial score (nSPS) is 12.1. The molecule has 0 radical (unpaired) electrons. The lowest BCUT2D eigenvalue weighted by atomic mass is 10.5. The van der Waals surface area contributed by atoms with E-state index in [9.17, 15) is 13.2 Å². The average molecular weight is 183 g/mol. The largest absolute Gasteiger partial charge is 0.437 e. The molecule has 0 aliphatic carbocycles. The van der Waals surface area contributed by atoms with Gasteiger partial charge in [-0.25, -0.2) is 4.98 Å². The maximum Gasteiger partial charge on any atom is 0.437 e. The van der Waals surface area contributed by atoms with E-state index in [1.54, 1.807) is 0 Å². The first kappa shape index (κ1) is 8.45. The van der Waals surface area contributed by atoms with Crippen LogP contribution in [0.2, 0.25) is 0 Å². The van der Waals surface area contributed by atoms with Crippen molar-refractivity contribution in [3.05, 3.63) is 11.6 Å². The van der Waals surface area contributed by atoms with Gasteiger partial charge in [-0.05, 0) is 0 Å². The van der Waals surface area contributed by atoms with Gasteiger partial charge >= 0.3 is 6.18 Å². The molecule has 11 heavy (non-hydrogen) atoms. The summed E-state index contributed by atoms with van der Waals surface area (Å²) in [6.07, 6.45) is -4.48. The van der Waals surface area contributed by atoms with Crippen LogP contribution in [-0.4, -0.2) is 4.98 Å². The molecule has 0 spiro atoms. The van der Waals surface area contributed by atoms with Gasteiger partial charge in [0.15, 0.2) is 16.7 Å². The molecule has 0 N–H and O–H groups in total. The minimum Gasteiger partial charge on any atom is -0.434 e. The van der Waals surface area contributed by atoms with Gasteiger partial charge in [-0.1, -0.05) is 0 Å². The molecule has 1 heterocycles. The summed E-state index contributed by atoms with van der Waals surface area (Å²) in [7, 11) is 0. The van der Waals surface area contributed by atoms with Crippen LogP contribution in [0.15, 0.2) is 9.51 Å². The van der Waals surface area contributed by atoms with Gasteiger partial charge in [0.2, 0.25) is 0 Å². The first-order valence-corrected chi connectivity index (χ1v) is 3.09. The number of oxazole rings is 1. The number of nitrogens with zero attached hydrogens (tertiary/aromatic N) is 1. The van der Waals surface area contributed by atoms with Crippen LogP contribution >= 0.6 is 12.6 Å². The Morgan fingerprint density at radius 1 is 1.45 bits per heavy atom. The van der Waals surface area contributed by atoms with E-state index in [1.165, 1.54) is 6.92 Å². The lowest BCUT2D eigenvalue weighted by Gasteiger charge is -1.99. The van der Waals surface area contributed by atoms with E-state index in [0.29, 0.717) is 0 Å². The zero-order valence-electron chi connectivity index (χ0n) is 5.44. The second-order valence-electron chi connectivity index (χ2n) is 1.88. The molecule has 0 saturated carbocycles. The topological polar surface area (TPSA) is 26.0 Å². The summed E-state index contributed by atoms with van der Waals surface area (Å²) >= 11 is 3.46. The number of halogens is 3. The van der Waals surface area contributed by atoms with Crippen LogP contribution in [0.4, 0.5) is 13.2 Å². The highest BCUT2D eigenvalue weighted by Gasteiger charge is 2.37. The minimum atomic E-state index is -4.48. The molecular formula is C5H4F3NOS. The summed E-state index contributed by atoms with van der Waals surface area (Å²) < 4.78 is 40.1. The SMILES string of the molecule is Cc1nc(C(F)(F)F)c(S)o1. The Morgan fingerprint density at radius 2 is 2.00 bits per heavy atom. The van der Waals surface area contributed by atoms with Gasteiger partial charge in [0.05, 0.1) is 0 Å². The number of hydrogen-bond donors (Lipinski definition) is 1. The van der Waals surface area contributed by atoms with E-state index in [0.717, 1.165) is 0 Å². The van der Waals surface area contributed by atoms with Crippen LogP contribution in [0.3, 0.4) is 0 Å². The van der Waals surface area contributed by atoms with Crippen molar-refractivity contribution >= 4 is 12.6 Å². The molecule has 0 fully saturated rings. The smallest absolute Gasteiger partial charge is 0.434 e. The third-order valence-electron chi connectivity index (χ3n) is 0.985. The van der Waals surface area contributed by atoms with Crippen LogP contribution in [0.25, 0.3) is 0 Å². The van der Waals surface area contributed by atoms with E-state index in [4.69, 9.17) is 0 Å². The molecule has 0 bridgehead atoms. The highest BCUT2D eigenvalue weighted by Crippen LogP contribution is 2.33. The number of hydrogen-bond acceptors (Lipinski definition) is 3. The van der Waals surface area contributed by atoms with Gasteiger partial charge in [-0.2, -0.15) is 13.2 Å². The number of alkyl halides is 3. The second kappa shape index (κ2) is 2.44. The number of thiol groups is 1. The third-order valence-corrected chi connectivity index (χ3v) is 1.29. The van der Waals surface area contributed by atoms with Crippen molar-refractivity contribution in [3.8, 4) is 0 Å². The fourth-order valence-electron chi connectivity index (χ4n) is 0.601. The van der Waals surface area contributed by atoms with Gasteiger partial charge in [0.25, 0.3) is 0 Å². The molecule has 2 nitrogen and oxygen atoms in total. The Bertz CT molecular complexity index is 267. The molecule has 1 rings (SSSR count). The summed E-state index contributed by atoms with van der Waals surface area (Å²) in [4.78, 5) is 3.11. The van der Waals surface area contributed by atoms with Gasteiger partial charge < -0.3 is 4.42 Å². The van der Waals surface area contributed by atoms with Crippen molar-refractivity contribution in [2.75, 3.05) is 0 Å². The molecule has 0 aliphatic heterocycles. The maximum absolute atomic E-state index is 11.9. The minimum absolute atomic E-state index is 0.0395. The lowest BCUT2D eigenvalue weighted by Crippen LogP contribution is -2.06. The fraction of sp³-hybridized carbons (Fsp3) is 0.400. The molecule has 0 amide bonds. The predicted octanol–water partition coefficient (Wildman–Crippen LogP) is 2.29. The predicted molar refractivity (Wildman–Crippen MR) is 33.5 cm³/mol. The maximum atomic E-state index is 11.9. The van der Waals surface area contributed by atoms with Crippen LogP contribution in [0.5, 0.6) is 0 Å². The molecule has 1 aromatic heterocycles. The zero-order valence-corrected chi connectivity index (χ0v) is 6.33. The zero-order chi connectivity index (χ0) is 8.65. The standard InChI is InChI=1S/C5H4F3NOS/c1-2-9-3(4(11)10-2)5(6,7)8/h11H,1H3.